The molecule has 0 bridgehead atoms. The van der Waals surface area contributed by atoms with E-state index in [1.165, 1.54) is 18.2 Å². The summed E-state index contributed by atoms with van der Waals surface area (Å²) in [7, 11) is 0. The Morgan fingerprint density at radius 2 is 2.11 bits per heavy atom. The van der Waals surface area contributed by atoms with Crippen LogP contribution in [0.15, 0.2) is 30.3 Å². The van der Waals surface area contributed by atoms with Crippen LogP contribution in [0.1, 0.15) is 19.4 Å². The molecule has 100 valence electrons. The van der Waals surface area contributed by atoms with Crippen molar-refractivity contribution in [1.29, 1.82) is 0 Å². The van der Waals surface area contributed by atoms with Crippen molar-refractivity contribution >= 4 is 6.08 Å². The summed E-state index contributed by atoms with van der Waals surface area (Å²) in [5.41, 5.74) is 0.668. The van der Waals surface area contributed by atoms with Gasteiger partial charge in [-0.05, 0) is 31.2 Å². The van der Waals surface area contributed by atoms with Gasteiger partial charge in [-0.25, -0.2) is 0 Å². The number of rotatable bonds is 5. The predicted octanol–water partition coefficient (Wildman–Crippen LogP) is 3.60. The molecule has 0 saturated carbocycles. The Hall–Kier alpha value is -1.49. The average Bonchev–Trinajstić information content (AvgIpc) is 2.25. The van der Waals surface area contributed by atoms with Crippen LogP contribution in [0.25, 0.3) is 6.08 Å². The van der Waals surface area contributed by atoms with Gasteiger partial charge in [0.05, 0.1) is 0 Å². The van der Waals surface area contributed by atoms with Crippen molar-refractivity contribution in [2.45, 2.75) is 26.3 Å². The molecule has 0 spiro atoms. The van der Waals surface area contributed by atoms with Gasteiger partial charge in [-0.1, -0.05) is 31.2 Å². The van der Waals surface area contributed by atoms with Crippen LogP contribution in [-0.4, -0.2) is 18.9 Å². The molecule has 1 N–H and O–H groups in total. The van der Waals surface area contributed by atoms with Crippen LogP contribution in [0.2, 0.25) is 0 Å². The van der Waals surface area contributed by atoms with Gasteiger partial charge in [0.15, 0.2) is 0 Å². The van der Waals surface area contributed by atoms with Gasteiger partial charge in [-0.15, -0.1) is 13.2 Å². The van der Waals surface area contributed by atoms with Crippen LogP contribution in [0.5, 0.6) is 5.75 Å². The fourth-order valence-electron chi connectivity index (χ4n) is 1.46. The van der Waals surface area contributed by atoms with Gasteiger partial charge in [0.25, 0.3) is 0 Å². The maximum Gasteiger partial charge on any atom is 0.573 e. The molecule has 1 atom stereocenters. The summed E-state index contributed by atoms with van der Waals surface area (Å²) in [6, 6.07) is 6.04. The SMILES string of the molecule is CCNC(C)/C=C/c1cccc(OC(F)(F)F)c1. The summed E-state index contributed by atoms with van der Waals surface area (Å²) in [6.07, 6.45) is -1.01. The number of alkyl halides is 3. The van der Waals surface area contributed by atoms with Crippen LogP contribution >= 0.6 is 0 Å². The highest BCUT2D eigenvalue weighted by atomic mass is 19.4. The monoisotopic (exact) mass is 259 g/mol. The highest BCUT2D eigenvalue weighted by molar-refractivity contribution is 5.52. The topological polar surface area (TPSA) is 21.3 Å². The quantitative estimate of drug-likeness (QED) is 0.872. The van der Waals surface area contributed by atoms with Gasteiger partial charge in [0, 0.05) is 6.04 Å². The molecule has 5 heteroatoms. The normalized spacial score (nSPS) is 13.8. The van der Waals surface area contributed by atoms with Gasteiger partial charge in [-0.2, -0.15) is 0 Å². The number of hydrogen-bond donors (Lipinski definition) is 1. The molecule has 0 saturated heterocycles. The van der Waals surface area contributed by atoms with Gasteiger partial charge in [-0.3, -0.25) is 0 Å². The van der Waals surface area contributed by atoms with E-state index in [1.54, 1.807) is 12.1 Å². The lowest BCUT2D eigenvalue weighted by atomic mass is 10.1. The standard InChI is InChI=1S/C13H16F3NO/c1-3-17-10(2)7-8-11-5-4-6-12(9-11)18-13(14,15)16/h4-10,17H,3H2,1-2H3/b8-7+. The summed E-state index contributed by atoms with van der Waals surface area (Å²) in [4.78, 5) is 0. The number of halogens is 3. The molecular weight excluding hydrogens is 243 g/mol. The zero-order chi connectivity index (χ0) is 13.6. The molecule has 1 aromatic rings. The van der Waals surface area contributed by atoms with E-state index in [1.807, 2.05) is 19.9 Å². The fraction of sp³-hybridized carbons (Fsp3) is 0.385. The molecule has 1 aromatic carbocycles. The van der Waals surface area contributed by atoms with Gasteiger partial charge in [0.1, 0.15) is 5.75 Å². The second-order valence-corrected chi connectivity index (χ2v) is 3.83. The van der Waals surface area contributed by atoms with E-state index < -0.39 is 6.36 Å². The van der Waals surface area contributed by atoms with Crippen molar-refractivity contribution in [3.8, 4) is 5.75 Å². The smallest absolute Gasteiger partial charge is 0.406 e. The van der Waals surface area contributed by atoms with E-state index in [-0.39, 0.29) is 11.8 Å². The first kappa shape index (κ1) is 14.6. The molecule has 0 aliphatic heterocycles. The first-order valence-electron chi connectivity index (χ1n) is 5.68. The molecule has 2 nitrogen and oxygen atoms in total. The third kappa shape index (κ3) is 5.72. The summed E-state index contributed by atoms with van der Waals surface area (Å²) in [5.74, 6) is -0.208. The minimum absolute atomic E-state index is 0.169. The third-order valence-electron chi connectivity index (χ3n) is 2.20. The van der Waals surface area contributed by atoms with Gasteiger partial charge >= 0.3 is 6.36 Å². The maximum atomic E-state index is 12.0. The first-order valence-corrected chi connectivity index (χ1v) is 5.68. The molecule has 0 radical (unpaired) electrons. The maximum absolute atomic E-state index is 12.0. The Bertz CT molecular complexity index is 401. The van der Waals surface area contributed by atoms with Crippen LogP contribution < -0.4 is 10.1 Å². The average molecular weight is 259 g/mol. The summed E-state index contributed by atoms with van der Waals surface area (Å²) in [6.45, 7) is 4.79. The zero-order valence-corrected chi connectivity index (χ0v) is 10.3. The summed E-state index contributed by atoms with van der Waals surface area (Å²) in [5, 5.41) is 3.17. The highest BCUT2D eigenvalue weighted by Gasteiger charge is 2.30. The van der Waals surface area contributed by atoms with E-state index in [2.05, 4.69) is 10.1 Å². The number of hydrogen-bond acceptors (Lipinski definition) is 2. The first-order chi connectivity index (χ1) is 8.40. The zero-order valence-electron chi connectivity index (χ0n) is 10.3. The minimum Gasteiger partial charge on any atom is -0.406 e. The Labute approximate surface area is 104 Å². The molecule has 0 aliphatic carbocycles. The van der Waals surface area contributed by atoms with Crippen LogP contribution in [0.4, 0.5) is 13.2 Å². The van der Waals surface area contributed by atoms with Crippen molar-refractivity contribution in [3.05, 3.63) is 35.9 Å². The number of benzene rings is 1. The largest absolute Gasteiger partial charge is 0.573 e. The molecule has 0 heterocycles. The fourth-order valence-corrected chi connectivity index (χ4v) is 1.46. The van der Waals surface area contributed by atoms with E-state index in [9.17, 15) is 13.2 Å². The Morgan fingerprint density at radius 3 is 2.72 bits per heavy atom. The van der Waals surface area contributed by atoms with E-state index in [0.29, 0.717) is 5.56 Å². The van der Waals surface area contributed by atoms with Gasteiger partial charge in [0.2, 0.25) is 0 Å². The number of likely N-dealkylation sites (N-methyl/N-ethyl adjacent to an activating group) is 1. The summed E-state index contributed by atoms with van der Waals surface area (Å²) >= 11 is 0. The predicted molar refractivity (Wildman–Crippen MR) is 65.3 cm³/mol. The van der Waals surface area contributed by atoms with Gasteiger partial charge < -0.3 is 10.1 Å². The summed E-state index contributed by atoms with van der Waals surface area (Å²) < 4.78 is 40.0. The van der Waals surface area contributed by atoms with E-state index in [0.717, 1.165) is 6.54 Å². The second-order valence-electron chi connectivity index (χ2n) is 3.83. The van der Waals surface area contributed by atoms with E-state index in [4.69, 9.17) is 0 Å². The van der Waals surface area contributed by atoms with Crippen molar-refractivity contribution < 1.29 is 17.9 Å². The van der Waals surface area contributed by atoms with Crippen molar-refractivity contribution in [3.63, 3.8) is 0 Å². The molecule has 0 aliphatic rings. The van der Waals surface area contributed by atoms with Crippen LogP contribution in [-0.2, 0) is 0 Å². The molecule has 1 rings (SSSR count). The second kappa shape index (κ2) is 6.44. The molecule has 18 heavy (non-hydrogen) atoms. The lowest BCUT2D eigenvalue weighted by molar-refractivity contribution is -0.274. The molecule has 1 unspecified atom stereocenters. The number of ether oxygens (including phenoxy) is 1. The Kier molecular flexibility index (Phi) is 5.22. The van der Waals surface area contributed by atoms with Crippen molar-refractivity contribution in [2.75, 3.05) is 6.54 Å². The molecular formula is C13H16F3NO. The third-order valence-corrected chi connectivity index (χ3v) is 2.20. The minimum atomic E-state index is -4.65. The lowest BCUT2D eigenvalue weighted by Crippen LogP contribution is -2.22. The molecule has 0 aromatic heterocycles. The molecule has 0 fully saturated rings. The Balaban J connectivity index is 2.70. The van der Waals surface area contributed by atoms with Crippen molar-refractivity contribution in [1.82, 2.24) is 5.32 Å². The van der Waals surface area contributed by atoms with Crippen LogP contribution in [0, 0.1) is 0 Å². The molecule has 0 amide bonds. The Morgan fingerprint density at radius 1 is 1.39 bits per heavy atom. The van der Waals surface area contributed by atoms with Crippen LogP contribution in [0.3, 0.4) is 0 Å². The van der Waals surface area contributed by atoms with Crippen molar-refractivity contribution in [2.24, 2.45) is 0 Å². The lowest BCUT2D eigenvalue weighted by Gasteiger charge is -2.09. The highest BCUT2D eigenvalue weighted by Crippen LogP contribution is 2.23. The van der Waals surface area contributed by atoms with E-state index >= 15 is 0 Å². The number of nitrogens with one attached hydrogen (secondary N) is 1.